The van der Waals surface area contributed by atoms with Crippen molar-refractivity contribution in [1.82, 2.24) is 21.0 Å². The van der Waals surface area contributed by atoms with Gasteiger partial charge in [-0.25, -0.2) is 4.39 Å². The minimum absolute atomic E-state index is 0.0217. The molecule has 9 heteroatoms. The number of hydrogen-bond donors (Lipinski definition) is 4. The number of fused-ring (bicyclic) bond motifs is 1. The third-order valence-electron chi connectivity index (χ3n) is 8.06. The number of rotatable bonds is 9. The van der Waals surface area contributed by atoms with Gasteiger partial charge in [0.2, 0.25) is 0 Å². The highest BCUT2D eigenvalue weighted by Gasteiger charge is 2.38. The average molecular weight is 555 g/mol. The van der Waals surface area contributed by atoms with Crippen molar-refractivity contribution in [2.45, 2.75) is 43.7 Å². The second-order valence-electron chi connectivity index (χ2n) is 10.9. The van der Waals surface area contributed by atoms with E-state index < -0.39 is 5.44 Å². The van der Waals surface area contributed by atoms with Gasteiger partial charge in [0.25, 0.3) is 0 Å². The van der Waals surface area contributed by atoms with Gasteiger partial charge in [-0.1, -0.05) is 55.3 Å². The molecule has 0 bridgehead atoms. The summed E-state index contributed by atoms with van der Waals surface area (Å²) in [7, 11) is 2.04. The quantitative estimate of drug-likeness (QED) is 0.171. The van der Waals surface area contributed by atoms with Gasteiger partial charge in [-0.2, -0.15) is 5.26 Å². The van der Waals surface area contributed by atoms with E-state index in [1.54, 1.807) is 18.3 Å². The normalized spacial score (nSPS) is 16.5. The van der Waals surface area contributed by atoms with Crippen LogP contribution in [0.3, 0.4) is 0 Å². The Labute approximate surface area is 246 Å². The maximum Gasteiger partial charge on any atom is 0.148 e. The molecule has 1 fully saturated rings. The summed E-state index contributed by atoms with van der Waals surface area (Å²) in [6, 6.07) is 23.2. The first-order valence-corrected chi connectivity index (χ1v) is 14.1. The lowest BCUT2D eigenvalue weighted by atomic mass is 9.69. The zero-order valence-corrected chi connectivity index (χ0v) is 23.6. The largest absolute Gasteiger partial charge is 0.378 e. The van der Waals surface area contributed by atoms with E-state index in [0.717, 1.165) is 47.2 Å². The highest BCUT2D eigenvalue weighted by molar-refractivity contribution is 6.19. The molecule has 208 valence electrons. The second-order valence-corrected chi connectivity index (χ2v) is 10.9. The van der Waals surface area contributed by atoms with Crippen molar-refractivity contribution in [3.8, 4) is 18.4 Å². The molecule has 1 aliphatic heterocycles. The van der Waals surface area contributed by atoms with Crippen LogP contribution >= 0.6 is 0 Å². The third-order valence-corrected chi connectivity index (χ3v) is 8.06. The maximum absolute atomic E-state index is 14.0. The number of terminal acetylenes is 1. The molecular weight excluding hydrogens is 524 g/mol. The molecule has 6 rings (SSSR count). The number of benzene rings is 3. The Morgan fingerprint density at radius 3 is 2.60 bits per heavy atom. The van der Waals surface area contributed by atoms with Crippen LogP contribution in [0.15, 0.2) is 84.8 Å². The van der Waals surface area contributed by atoms with Crippen LogP contribution in [0.4, 0.5) is 15.8 Å². The van der Waals surface area contributed by atoms with Crippen LogP contribution in [-0.4, -0.2) is 23.9 Å². The second kappa shape index (κ2) is 11.1. The van der Waals surface area contributed by atoms with Crippen LogP contribution in [0, 0.1) is 29.5 Å². The predicted octanol–water partition coefficient (Wildman–Crippen LogP) is 5.02. The summed E-state index contributed by atoms with van der Waals surface area (Å²) < 4.78 is 14.0. The van der Waals surface area contributed by atoms with Crippen molar-refractivity contribution in [3.63, 3.8) is 0 Å². The fourth-order valence-corrected chi connectivity index (χ4v) is 5.50. The number of hydrogen-bond acceptors (Lipinski definition) is 7. The Morgan fingerprint density at radius 1 is 1.17 bits per heavy atom. The van der Waals surface area contributed by atoms with Gasteiger partial charge in [0.1, 0.15) is 19.7 Å². The number of nitrogens with zero attached hydrogens (tertiary/aromatic N) is 3. The zero-order chi connectivity index (χ0) is 29.3. The Balaban J connectivity index is 1.47. The van der Waals surface area contributed by atoms with Crippen LogP contribution in [0.5, 0.6) is 0 Å². The van der Waals surface area contributed by atoms with Crippen molar-refractivity contribution in [3.05, 3.63) is 113 Å². The lowest BCUT2D eigenvalue weighted by Gasteiger charge is -2.34. The molecule has 2 atom stereocenters. The van der Waals surface area contributed by atoms with E-state index in [4.69, 9.17) is 6.42 Å². The van der Waals surface area contributed by atoms with Gasteiger partial charge in [-0.15, -0.1) is 12.0 Å². The summed E-state index contributed by atoms with van der Waals surface area (Å²) in [6.07, 6.45) is 12.7. The van der Waals surface area contributed by atoms with Crippen LogP contribution in [0.1, 0.15) is 54.5 Å². The fraction of sp³-hybridized carbons (Fsp3) is 0.212. The molecule has 0 amide bonds. The Kier molecular flexibility index (Phi) is 7.20. The summed E-state index contributed by atoms with van der Waals surface area (Å²) >= 11 is 0. The highest BCUT2D eigenvalue weighted by Crippen LogP contribution is 2.38. The van der Waals surface area contributed by atoms with Crippen LogP contribution in [0.25, 0.3) is 10.9 Å². The number of halogens is 1. The molecule has 3 aromatic carbocycles. The molecule has 1 saturated carbocycles. The number of anilines is 2. The van der Waals surface area contributed by atoms with Gasteiger partial charge in [-0.05, 0) is 54.7 Å². The van der Waals surface area contributed by atoms with Crippen molar-refractivity contribution in [2.75, 3.05) is 10.6 Å². The van der Waals surface area contributed by atoms with Gasteiger partial charge < -0.3 is 16.1 Å². The fourth-order valence-electron chi connectivity index (χ4n) is 5.50. The topological polar surface area (TPSA) is 88.0 Å². The van der Waals surface area contributed by atoms with Crippen molar-refractivity contribution in [2.24, 2.45) is 0 Å². The van der Waals surface area contributed by atoms with Gasteiger partial charge in [0.05, 0.1) is 39.5 Å². The first-order valence-electron chi connectivity index (χ1n) is 14.1. The molecule has 1 aromatic heterocycles. The van der Waals surface area contributed by atoms with Crippen molar-refractivity contribution >= 4 is 30.1 Å². The molecule has 0 spiro atoms. The molecule has 2 heterocycles. The molecule has 7 nitrogen and oxygen atoms in total. The Morgan fingerprint density at radius 2 is 1.93 bits per heavy atom. The summed E-state index contributed by atoms with van der Waals surface area (Å²) in [4.78, 5) is 4.59. The standard InChI is InChI=1S/C33H31BFN7/c1-3-21-16-26(39-33(34,24-10-12-25(35)13-11-24)30-20-42(41-40-30)27-14-15-27)17-28-31(21)37-19-23(18-36)32(28)38-29(4-2)22-8-6-5-7-9-22/h1,5-13,16-17,19-20,27,29,39-41H,4,14-15,34H2,2H3,(H,37,38)/t29-,33?/m1/s1. The minimum atomic E-state index is -0.784. The summed E-state index contributed by atoms with van der Waals surface area (Å²) in [5.74, 6) is 2.49. The van der Waals surface area contributed by atoms with E-state index in [-0.39, 0.29) is 11.9 Å². The smallest absolute Gasteiger partial charge is 0.148 e. The first-order chi connectivity index (χ1) is 20.4. The van der Waals surface area contributed by atoms with Gasteiger partial charge in [-0.3, -0.25) is 9.99 Å². The molecule has 0 saturated heterocycles. The lowest BCUT2D eigenvalue weighted by Crippen LogP contribution is -2.45. The van der Waals surface area contributed by atoms with Gasteiger partial charge >= 0.3 is 0 Å². The van der Waals surface area contributed by atoms with E-state index in [9.17, 15) is 9.65 Å². The predicted molar refractivity (Wildman–Crippen MR) is 167 cm³/mol. The SMILES string of the molecule is BC(Nc1cc(C#C)c2ncc(C#N)c(N[C@H](CC)c3ccccc3)c2c1)(C1=CN(C2CC2)NN1)c1ccc(F)cc1. The minimum Gasteiger partial charge on any atom is -0.378 e. The van der Waals surface area contributed by atoms with E-state index in [2.05, 4.69) is 68.8 Å². The van der Waals surface area contributed by atoms with E-state index >= 15 is 0 Å². The highest BCUT2D eigenvalue weighted by atomic mass is 19.1. The number of nitrogens with one attached hydrogen (secondary N) is 4. The molecule has 4 N–H and O–H groups in total. The molecule has 0 radical (unpaired) electrons. The average Bonchev–Trinajstić information content (AvgIpc) is 3.75. The van der Waals surface area contributed by atoms with E-state index in [1.807, 2.05) is 38.2 Å². The maximum atomic E-state index is 14.0. The third kappa shape index (κ3) is 5.11. The van der Waals surface area contributed by atoms with Crippen molar-refractivity contribution in [1.29, 1.82) is 5.26 Å². The van der Waals surface area contributed by atoms with Crippen LogP contribution in [0.2, 0.25) is 0 Å². The summed E-state index contributed by atoms with van der Waals surface area (Å²) in [5.41, 5.74) is 11.7. The van der Waals surface area contributed by atoms with Crippen molar-refractivity contribution < 1.29 is 4.39 Å². The van der Waals surface area contributed by atoms with Crippen LogP contribution < -0.4 is 21.6 Å². The Hall–Kier alpha value is -4.99. The van der Waals surface area contributed by atoms with E-state index in [1.165, 1.54) is 12.1 Å². The summed E-state index contributed by atoms with van der Waals surface area (Å²) in [6.45, 7) is 2.11. The summed E-state index contributed by atoms with van der Waals surface area (Å²) in [5, 5.41) is 20.2. The number of pyridine rings is 1. The molecule has 4 aromatic rings. The van der Waals surface area contributed by atoms with Gasteiger partial charge in [0, 0.05) is 29.5 Å². The number of hydrazine groups is 2. The molecule has 1 aliphatic carbocycles. The molecule has 2 aliphatic rings. The van der Waals surface area contributed by atoms with E-state index in [0.29, 0.717) is 28.4 Å². The van der Waals surface area contributed by atoms with Crippen LogP contribution in [-0.2, 0) is 5.44 Å². The zero-order valence-electron chi connectivity index (χ0n) is 23.6. The number of aromatic nitrogens is 1. The van der Waals surface area contributed by atoms with Gasteiger partial charge in [0.15, 0.2) is 0 Å². The first kappa shape index (κ1) is 27.2. The Bertz CT molecular complexity index is 1740. The molecular formula is C33H31BFN7. The number of nitriles is 1. The molecule has 1 unspecified atom stereocenters. The molecule has 42 heavy (non-hydrogen) atoms. The monoisotopic (exact) mass is 555 g/mol. The lowest BCUT2D eigenvalue weighted by molar-refractivity contribution is 0.260.